The zero-order chi connectivity index (χ0) is 12.3. The number of sulfone groups is 1. The summed E-state index contributed by atoms with van der Waals surface area (Å²) in [6, 6.07) is 5.49. The highest BCUT2D eigenvalue weighted by Crippen LogP contribution is 2.20. The van der Waals surface area contributed by atoms with E-state index in [0.29, 0.717) is 5.69 Å². The standard InChI is InChI=1S/C11H18N2O2S/c1-8-4-5-10(12)11(6-8)13-9(2)7-16(3,14)15/h4-6,9,13H,7,12H2,1-3H3. The molecule has 0 heterocycles. The lowest BCUT2D eigenvalue weighted by Crippen LogP contribution is -2.25. The van der Waals surface area contributed by atoms with Crippen LogP contribution in [0, 0.1) is 6.92 Å². The minimum absolute atomic E-state index is 0.0976. The van der Waals surface area contributed by atoms with Gasteiger partial charge in [-0.25, -0.2) is 8.42 Å². The Morgan fingerprint density at radius 3 is 2.62 bits per heavy atom. The molecular formula is C11H18N2O2S. The molecule has 0 aliphatic heterocycles. The molecule has 0 saturated heterocycles. The maximum absolute atomic E-state index is 11.1. The number of anilines is 2. The van der Waals surface area contributed by atoms with Crippen molar-refractivity contribution in [1.29, 1.82) is 0 Å². The second-order valence-corrected chi connectivity index (χ2v) is 6.41. The number of rotatable bonds is 4. The Bertz CT molecular complexity index is 469. The van der Waals surface area contributed by atoms with E-state index in [4.69, 9.17) is 5.73 Å². The van der Waals surface area contributed by atoms with Crippen LogP contribution in [0.5, 0.6) is 0 Å². The van der Waals surface area contributed by atoms with E-state index in [0.717, 1.165) is 11.3 Å². The normalized spacial score (nSPS) is 13.4. The van der Waals surface area contributed by atoms with Crippen LogP contribution in [-0.4, -0.2) is 26.5 Å². The third-order valence-corrected chi connectivity index (χ3v) is 3.27. The summed E-state index contributed by atoms with van der Waals surface area (Å²) < 4.78 is 22.2. The van der Waals surface area contributed by atoms with Gasteiger partial charge in [0.15, 0.2) is 0 Å². The van der Waals surface area contributed by atoms with Crippen LogP contribution in [-0.2, 0) is 9.84 Å². The quantitative estimate of drug-likeness (QED) is 0.783. The molecule has 5 heteroatoms. The minimum Gasteiger partial charge on any atom is -0.397 e. The number of benzene rings is 1. The van der Waals surface area contributed by atoms with Gasteiger partial charge in [0.1, 0.15) is 9.84 Å². The van der Waals surface area contributed by atoms with Crippen molar-refractivity contribution in [2.75, 3.05) is 23.1 Å². The van der Waals surface area contributed by atoms with Gasteiger partial charge in [0.2, 0.25) is 0 Å². The number of nitrogen functional groups attached to an aromatic ring is 1. The summed E-state index contributed by atoms with van der Waals surface area (Å²) in [6.07, 6.45) is 1.23. The summed E-state index contributed by atoms with van der Waals surface area (Å²) >= 11 is 0. The molecule has 0 saturated carbocycles. The highest BCUT2D eigenvalue weighted by Gasteiger charge is 2.11. The van der Waals surface area contributed by atoms with Crippen molar-refractivity contribution in [1.82, 2.24) is 0 Å². The number of hydrogen-bond donors (Lipinski definition) is 2. The van der Waals surface area contributed by atoms with E-state index in [1.54, 1.807) is 0 Å². The molecule has 3 N–H and O–H groups in total. The average Bonchev–Trinajstić information content (AvgIpc) is 2.08. The van der Waals surface area contributed by atoms with Crippen molar-refractivity contribution in [3.8, 4) is 0 Å². The molecule has 0 aromatic heterocycles. The van der Waals surface area contributed by atoms with Crippen LogP contribution in [0.2, 0.25) is 0 Å². The molecule has 1 unspecified atom stereocenters. The Morgan fingerprint density at radius 2 is 2.06 bits per heavy atom. The lowest BCUT2D eigenvalue weighted by Gasteiger charge is -2.16. The molecule has 0 amide bonds. The second-order valence-electron chi connectivity index (χ2n) is 4.23. The van der Waals surface area contributed by atoms with Crippen molar-refractivity contribution in [3.05, 3.63) is 23.8 Å². The first kappa shape index (κ1) is 12.8. The van der Waals surface area contributed by atoms with E-state index in [2.05, 4.69) is 5.32 Å². The fourth-order valence-electron chi connectivity index (χ4n) is 1.56. The summed E-state index contributed by atoms with van der Waals surface area (Å²) in [5.74, 6) is 0.0976. The number of nitrogens with one attached hydrogen (secondary N) is 1. The van der Waals surface area contributed by atoms with Gasteiger partial charge in [-0.05, 0) is 31.5 Å². The number of hydrogen-bond acceptors (Lipinski definition) is 4. The van der Waals surface area contributed by atoms with Gasteiger partial charge >= 0.3 is 0 Å². The van der Waals surface area contributed by atoms with Gasteiger partial charge in [-0.1, -0.05) is 6.07 Å². The summed E-state index contributed by atoms with van der Waals surface area (Å²) in [7, 11) is -2.97. The van der Waals surface area contributed by atoms with Crippen molar-refractivity contribution in [3.63, 3.8) is 0 Å². The van der Waals surface area contributed by atoms with Crippen LogP contribution in [0.4, 0.5) is 11.4 Å². The first-order valence-corrected chi connectivity index (χ1v) is 7.14. The van der Waals surface area contributed by atoms with Crippen LogP contribution >= 0.6 is 0 Å². The van der Waals surface area contributed by atoms with E-state index in [9.17, 15) is 8.42 Å². The summed E-state index contributed by atoms with van der Waals surface area (Å²) in [5, 5.41) is 3.10. The highest BCUT2D eigenvalue weighted by molar-refractivity contribution is 7.90. The Kier molecular flexibility index (Phi) is 3.80. The molecule has 0 aliphatic rings. The van der Waals surface area contributed by atoms with Crippen LogP contribution < -0.4 is 11.1 Å². The second kappa shape index (κ2) is 4.74. The van der Waals surface area contributed by atoms with Crippen molar-refractivity contribution >= 4 is 21.2 Å². The fraction of sp³-hybridized carbons (Fsp3) is 0.455. The van der Waals surface area contributed by atoms with E-state index in [-0.39, 0.29) is 11.8 Å². The monoisotopic (exact) mass is 242 g/mol. The molecule has 1 atom stereocenters. The summed E-state index contributed by atoms with van der Waals surface area (Å²) in [6.45, 7) is 3.79. The van der Waals surface area contributed by atoms with Crippen molar-refractivity contribution < 1.29 is 8.42 Å². The SMILES string of the molecule is Cc1ccc(N)c(NC(C)CS(C)(=O)=O)c1. The molecule has 1 aromatic carbocycles. The Morgan fingerprint density at radius 1 is 1.44 bits per heavy atom. The molecule has 0 spiro atoms. The molecule has 16 heavy (non-hydrogen) atoms. The van der Waals surface area contributed by atoms with Crippen molar-refractivity contribution in [2.45, 2.75) is 19.9 Å². The van der Waals surface area contributed by atoms with Crippen LogP contribution in [0.25, 0.3) is 0 Å². The fourth-order valence-corrected chi connectivity index (χ4v) is 2.55. The topological polar surface area (TPSA) is 72.2 Å². The van der Waals surface area contributed by atoms with Crippen molar-refractivity contribution in [2.24, 2.45) is 0 Å². The van der Waals surface area contributed by atoms with Gasteiger partial charge in [0, 0.05) is 12.3 Å². The molecule has 0 fully saturated rings. The maximum Gasteiger partial charge on any atom is 0.149 e. The van der Waals surface area contributed by atoms with E-state index >= 15 is 0 Å². The zero-order valence-corrected chi connectivity index (χ0v) is 10.6. The zero-order valence-electron chi connectivity index (χ0n) is 9.82. The Balaban J connectivity index is 2.77. The maximum atomic E-state index is 11.1. The lowest BCUT2D eigenvalue weighted by molar-refractivity contribution is 0.598. The minimum atomic E-state index is -2.97. The first-order chi connectivity index (χ1) is 7.28. The number of aryl methyl sites for hydroxylation is 1. The third kappa shape index (κ3) is 4.10. The smallest absolute Gasteiger partial charge is 0.149 e. The van der Waals surface area contributed by atoms with Gasteiger partial charge < -0.3 is 11.1 Å². The van der Waals surface area contributed by atoms with Crippen LogP contribution in [0.15, 0.2) is 18.2 Å². The van der Waals surface area contributed by atoms with Gasteiger partial charge in [-0.15, -0.1) is 0 Å². The molecular weight excluding hydrogens is 224 g/mol. The van der Waals surface area contributed by atoms with Gasteiger partial charge in [0.05, 0.1) is 17.1 Å². The van der Waals surface area contributed by atoms with Crippen LogP contribution in [0.1, 0.15) is 12.5 Å². The molecule has 0 radical (unpaired) electrons. The van der Waals surface area contributed by atoms with E-state index in [1.165, 1.54) is 6.26 Å². The predicted octanol–water partition coefficient (Wildman–Crippen LogP) is 1.42. The molecule has 1 rings (SSSR count). The van der Waals surface area contributed by atoms with Crippen LogP contribution in [0.3, 0.4) is 0 Å². The Labute approximate surface area is 96.8 Å². The first-order valence-electron chi connectivity index (χ1n) is 5.08. The summed E-state index contributed by atoms with van der Waals surface area (Å²) in [4.78, 5) is 0. The third-order valence-electron chi connectivity index (χ3n) is 2.16. The summed E-state index contributed by atoms with van der Waals surface area (Å²) in [5.41, 5.74) is 8.29. The van der Waals surface area contributed by atoms with E-state index < -0.39 is 9.84 Å². The lowest BCUT2D eigenvalue weighted by atomic mass is 10.2. The Hall–Kier alpha value is -1.23. The molecule has 0 bridgehead atoms. The molecule has 4 nitrogen and oxygen atoms in total. The van der Waals surface area contributed by atoms with Gasteiger partial charge in [0.25, 0.3) is 0 Å². The number of nitrogens with two attached hydrogens (primary N) is 1. The molecule has 0 aliphatic carbocycles. The highest BCUT2D eigenvalue weighted by atomic mass is 32.2. The molecule has 90 valence electrons. The van der Waals surface area contributed by atoms with E-state index in [1.807, 2.05) is 32.0 Å². The predicted molar refractivity (Wildman–Crippen MR) is 68.4 cm³/mol. The average molecular weight is 242 g/mol. The van der Waals surface area contributed by atoms with Gasteiger partial charge in [-0.2, -0.15) is 0 Å². The van der Waals surface area contributed by atoms with Gasteiger partial charge in [-0.3, -0.25) is 0 Å². The molecule has 1 aromatic rings. The largest absolute Gasteiger partial charge is 0.397 e.